The van der Waals surface area contributed by atoms with Crippen LogP contribution in [0.5, 0.6) is 0 Å². The summed E-state index contributed by atoms with van der Waals surface area (Å²) < 4.78 is 0. The quantitative estimate of drug-likeness (QED) is 0.798. The molecule has 1 amide bonds. The minimum Gasteiger partial charge on any atom is -0.368 e. The maximum Gasteiger partial charge on any atom is 0.236 e. The number of nitrogens with zero attached hydrogens (tertiary/aromatic N) is 3. The van der Waals surface area contributed by atoms with E-state index in [0.717, 1.165) is 39.3 Å². The first-order valence-electron chi connectivity index (χ1n) is 8.43. The van der Waals surface area contributed by atoms with Crippen LogP contribution in [0.1, 0.15) is 11.1 Å². The van der Waals surface area contributed by atoms with Crippen LogP contribution in [0.2, 0.25) is 0 Å². The smallest absolute Gasteiger partial charge is 0.236 e. The van der Waals surface area contributed by atoms with Crippen molar-refractivity contribution in [3.63, 3.8) is 0 Å². The average Bonchev–Trinajstić information content (AvgIpc) is 2.54. The van der Waals surface area contributed by atoms with Crippen LogP contribution in [0.4, 0.5) is 5.69 Å². The molecule has 2 rings (SSSR count). The number of hydrogen-bond donors (Lipinski definition) is 1. The zero-order valence-electron chi connectivity index (χ0n) is 14.9. The van der Waals surface area contributed by atoms with Crippen LogP contribution in [0.15, 0.2) is 18.2 Å². The first-order chi connectivity index (χ1) is 11.0. The van der Waals surface area contributed by atoms with Crippen molar-refractivity contribution in [2.24, 2.45) is 0 Å². The van der Waals surface area contributed by atoms with Gasteiger partial charge in [0.2, 0.25) is 5.91 Å². The summed E-state index contributed by atoms with van der Waals surface area (Å²) in [5.41, 5.74) is 3.98. The minimum atomic E-state index is 0.212. The van der Waals surface area contributed by atoms with Crippen molar-refractivity contribution in [3.05, 3.63) is 29.3 Å². The zero-order chi connectivity index (χ0) is 16.8. The molecule has 0 aromatic heterocycles. The third-order valence-electron chi connectivity index (χ3n) is 4.56. The Hall–Kier alpha value is -1.59. The molecular formula is C18H30N4O. The van der Waals surface area contributed by atoms with Gasteiger partial charge in [0.15, 0.2) is 0 Å². The Labute approximate surface area is 140 Å². The number of likely N-dealkylation sites (N-methyl/N-ethyl adjacent to an activating group) is 1. The number of carbonyl (C=O) groups excluding carboxylic acids is 1. The highest BCUT2D eigenvalue weighted by atomic mass is 16.2. The van der Waals surface area contributed by atoms with Crippen LogP contribution in [-0.2, 0) is 4.79 Å². The normalized spacial score (nSPS) is 15.3. The molecule has 1 aromatic rings. The van der Waals surface area contributed by atoms with Gasteiger partial charge >= 0.3 is 0 Å². The van der Waals surface area contributed by atoms with Gasteiger partial charge in [-0.3, -0.25) is 4.79 Å². The van der Waals surface area contributed by atoms with Crippen LogP contribution in [0.25, 0.3) is 0 Å². The number of rotatable bonds is 6. The predicted molar refractivity (Wildman–Crippen MR) is 96.1 cm³/mol. The fraction of sp³-hybridized carbons (Fsp3) is 0.611. The van der Waals surface area contributed by atoms with Crippen molar-refractivity contribution in [1.82, 2.24) is 15.1 Å². The molecule has 5 nitrogen and oxygen atoms in total. The molecule has 0 bridgehead atoms. The van der Waals surface area contributed by atoms with E-state index < -0.39 is 0 Å². The van der Waals surface area contributed by atoms with Crippen molar-refractivity contribution in [2.45, 2.75) is 13.8 Å². The number of aryl methyl sites for hydroxylation is 1. The number of nitrogens with one attached hydrogen (secondary N) is 1. The van der Waals surface area contributed by atoms with E-state index in [1.54, 1.807) is 0 Å². The lowest BCUT2D eigenvalue weighted by Crippen LogP contribution is -2.51. The van der Waals surface area contributed by atoms with Crippen molar-refractivity contribution >= 4 is 11.6 Å². The van der Waals surface area contributed by atoms with Gasteiger partial charge in [0, 0.05) is 45.0 Å². The van der Waals surface area contributed by atoms with Crippen molar-refractivity contribution in [3.8, 4) is 0 Å². The van der Waals surface area contributed by atoms with Gasteiger partial charge in [0.05, 0.1) is 6.54 Å². The van der Waals surface area contributed by atoms with E-state index in [-0.39, 0.29) is 5.91 Å². The summed E-state index contributed by atoms with van der Waals surface area (Å²) in [6, 6.07) is 6.45. The number of anilines is 1. The molecule has 5 heteroatoms. The first-order valence-corrected chi connectivity index (χ1v) is 8.43. The SMILES string of the molecule is Cc1cccc(N2CCN(C(=O)CNCCN(C)C)CC2)c1C. The highest BCUT2D eigenvalue weighted by Crippen LogP contribution is 2.23. The maximum absolute atomic E-state index is 12.2. The monoisotopic (exact) mass is 318 g/mol. The van der Waals surface area contributed by atoms with Crippen LogP contribution < -0.4 is 10.2 Å². The lowest BCUT2D eigenvalue weighted by molar-refractivity contribution is -0.130. The van der Waals surface area contributed by atoms with Crippen molar-refractivity contribution < 1.29 is 4.79 Å². The third-order valence-corrected chi connectivity index (χ3v) is 4.56. The molecule has 128 valence electrons. The summed E-state index contributed by atoms with van der Waals surface area (Å²) >= 11 is 0. The van der Waals surface area contributed by atoms with Gasteiger partial charge in [-0.2, -0.15) is 0 Å². The topological polar surface area (TPSA) is 38.8 Å². The summed E-state index contributed by atoms with van der Waals surface area (Å²) in [6.45, 7) is 10.0. The number of piperazine rings is 1. The lowest BCUT2D eigenvalue weighted by atomic mass is 10.1. The van der Waals surface area contributed by atoms with Gasteiger partial charge in [-0.05, 0) is 45.1 Å². The molecule has 23 heavy (non-hydrogen) atoms. The van der Waals surface area contributed by atoms with E-state index in [0.29, 0.717) is 6.54 Å². The largest absolute Gasteiger partial charge is 0.368 e. The Balaban J connectivity index is 1.79. The molecule has 0 radical (unpaired) electrons. The summed E-state index contributed by atoms with van der Waals surface area (Å²) in [7, 11) is 4.08. The molecule has 0 aliphatic carbocycles. The maximum atomic E-state index is 12.2. The lowest BCUT2D eigenvalue weighted by Gasteiger charge is -2.37. The standard InChI is InChI=1S/C18H30N4O/c1-15-6-5-7-17(16(15)2)21-10-12-22(13-11-21)18(23)14-19-8-9-20(3)4/h5-7,19H,8-14H2,1-4H3. The molecule has 1 saturated heterocycles. The number of carbonyl (C=O) groups is 1. The summed E-state index contributed by atoms with van der Waals surface area (Å²) in [6.07, 6.45) is 0. The van der Waals surface area contributed by atoms with E-state index >= 15 is 0 Å². The van der Waals surface area contributed by atoms with Gasteiger partial charge in [0.25, 0.3) is 0 Å². The zero-order valence-corrected chi connectivity index (χ0v) is 14.9. The highest BCUT2D eigenvalue weighted by Gasteiger charge is 2.21. The number of amides is 1. The highest BCUT2D eigenvalue weighted by molar-refractivity contribution is 5.78. The second-order valence-electron chi connectivity index (χ2n) is 6.57. The van der Waals surface area contributed by atoms with Gasteiger partial charge in [-0.25, -0.2) is 0 Å². The summed E-state index contributed by atoms with van der Waals surface area (Å²) in [5, 5.41) is 3.23. The molecule has 1 fully saturated rings. The van der Waals surface area contributed by atoms with E-state index in [9.17, 15) is 4.79 Å². The second-order valence-corrected chi connectivity index (χ2v) is 6.57. The molecule has 1 aromatic carbocycles. The molecule has 0 spiro atoms. The van der Waals surface area contributed by atoms with E-state index in [2.05, 4.69) is 47.2 Å². The van der Waals surface area contributed by atoms with Crippen LogP contribution in [0, 0.1) is 13.8 Å². The van der Waals surface area contributed by atoms with Crippen molar-refractivity contribution in [1.29, 1.82) is 0 Å². The predicted octanol–water partition coefficient (Wildman–Crippen LogP) is 1.10. The van der Waals surface area contributed by atoms with Crippen molar-refractivity contribution in [2.75, 3.05) is 64.8 Å². The van der Waals surface area contributed by atoms with E-state index in [1.807, 2.05) is 19.0 Å². The Morgan fingerprint density at radius 2 is 1.87 bits per heavy atom. The van der Waals surface area contributed by atoms with Crippen LogP contribution >= 0.6 is 0 Å². The number of benzene rings is 1. The molecule has 0 saturated carbocycles. The average molecular weight is 318 g/mol. The second kappa shape index (κ2) is 8.31. The van der Waals surface area contributed by atoms with Gasteiger partial charge in [-0.1, -0.05) is 12.1 Å². The molecule has 1 aliphatic heterocycles. The molecule has 1 aliphatic rings. The summed E-state index contributed by atoms with van der Waals surface area (Å²) in [4.78, 5) is 18.7. The molecule has 1 heterocycles. The number of hydrogen-bond acceptors (Lipinski definition) is 4. The first kappa shape index (κ1) is 17.8. The third kappa shape index (κ3) is 4.94. The van der Waals surface area contributed by atoms with E-state index in [1.165, 1.54) is 16.8 Å². The van der Waals surface area contributed by atoms with Gasteiger partial charge in [-0.15, -0.1) is 0 Å². The van der Waals surface area contributed by atoms with Crippen LogP contribution in [-0.4, -0.2) is 75.6 Å². The Morgan fingerprint density at radius 1 is 1.17 bits per heavy atom. The molecule has 1 N–H and O–H groups in total. The fourth-order valence-corrected chi connectivity index (χ4v) is 2.88. The molecular weight excluding hydrogens is 288 g/mol. The summed E-state index contributed by atoms with van der Waals surface area (Å²) in [5.74, 6) is 0.212. The van der Waals surface area contributed by atoms with E-state index in [4.69, 9.17) is 0 Å². The Bertz CT molecular complexity index is 522. The van der Waals surface area contributed by atoms with Gasteiger partial charge < -0.3 is 20.0 Å². The van der Waals surface area contributed by atoms with Gasteiger partial charge in [0.1, 0.15) is 0 Å². The molecule has 0 atom stereocenters. The van der Waals surface area contributed by atoms with Crippen LogP contribution in [0.3, 0.4) is 0 Å². The fourth-order valence-electron chi connectivity index (χ4n) is 2.88. The Kier molecular flexibility index (Phi) is 6.42. The molecule has 0 unspecified atom stereocenters. The minimum absolute atomic E-state index is 0.212. The Morgan fingerprint density at radius 3 is 2.52 bits per heavy atom.